The standard InChI is InChI=1S/C18H16ClN3O3/c1-11-7-9-13(10-8-11)16-17(22-25-21-16)20-18(23)12(2)24-15-6-4-3-5-14(15)19/h3-10,12H,1-2H3,(H,20,22,23). The first-order chi connectivity index (χ1) is 12.0. The Balaban J connectivity index is 1.72. The Labute approximate surface area is 149 Å². The maximum atomic E-state index is 12.4. The van der Waals surface area contributed by atoms with Gasteiger partial charge in [-0.25, -0.2) is 4.63 Å². The fourth-order valence-corrected chi connectivity index (χ4v) is 2.35. The van der Waals surface area contributed by atoms with Gasteiger partial charge in [-0.05, 0) is 36.3 Å². The molecule has 0 aliphatic rings. The van der Waals surface area contributed by atoms with Crippen molar-refractivity contribution in [3.63, 3.8) is 0 Å². The number of rotatable bonds is 5. The predicted molar refractivity (Wildman–Crippen MR) is 94.6 cm³/mol. The summed E-state index contributed by atoms with van der Waals surface area (Å²) in [5.74, 6) is 0.288. The third-order valence-corrected chi connectivity index (χ3v) is 3.88. The molecule has 3 aromatic rings. The van der Waals surface area contributed by atoms with Gasteiger partial charge in [0.25, 0.3) is 5.91 Å². The average Bonchev–Trinajstić information content (AvgIpc) is 3.05. The van der Waals surface area contributed by atoms with Crippen molar-refractivity contribution >= 4 is 23.3 Å². The number of ether oxygens (including phenoxy) is 1. The summed E-state index contributed by atoms with van der Waals surface area (Å²) >= 11 is 6.04. The minimum absolute atomic E-state index is 0.239. The van der Waals surface area contributed by atoms with Gasteiger partial charge in [-0.1, -0.05) is 53.6 Å². The van der Waals surface area contributed by atoms with Gasteiger partial charge in [0.05, 0.1) is 5.02 Å². The highest BCUT2D eigenvalue weighted by molar-refractivity contribution is 6.32. The minimum Gasteiger partial charge on any atom is -0.479 e. The van der Waals surface area contributed by atoms with Crippen molar-refractivity contribution in [2.24, 2.45) is 0 Å². The number of benzene rings is 2. The molecule has 0 saturated carbocycles. The Hall–Kier alpha value is -2.86. The van der Waals surface area contributed by atoms with E-state index in [9.17, 15) is 4.79 Å². The minimum atomic E-state index is -0.775. The van der Waals surface area contributed by atoms with Gasteiger partial charge in [0.1, 0.15) is 5.75 Å². The molecule has 25 heavy (non-hydrogen) atoms. The van der Waals surface area contributed by atoms with Crippen LogP contribution in [0, 0.1) is 6.92 Å². The zero-order valence-electron chi connectivity index (χ0n) is 13.7. The Morgan fingerprint density at radius 3 is 2.60 bits per heavy atom. The van der Waals surface area contributed by atoms with E-state index in [-0.39, 0.29) is 11.7 Å². The molecule has 0 radical (unpaired) electrons. The average molecular weight is 358 g/mol. The van der Waals surface area contributed by atoms with Crippen molar-refractivity contribution in [2.75, 3.05) is 5.32 Å². The summed E-state index contributed by atoms with van der Waals surface area (Å²) in [4.78, 5) is 12.4. The Bertz CT molecular complexity index is 877. The molecule has 2 aromatic carbocycles. The number of anilines is 1. The van der Waals surface area contributed by atoms with E-state index in [0.29, 0.717) is 16.5 Å². The van der Waals surface area contributed by atoms with Crippen LogP contribution in [0.4, 0.5) is 5.82 Å². The van der Waals surface area contributed by atoms with Crippen LogP contribution in [0.3, 0.4) is 0 Å². The zero-order valence-corrected chi connectivity index (χ0v) is 14.4. The number of para-hydroxylation sites is 1. The number of hydrogen-bond donors (Lipinski definition) is 1. The summed E-state index contributed by atoms with van der Waals surface area (Å²) in [5.41, 5.74) is 2.37. The van der Waals surface area contributed by atoms with Crippen molar-refractivity contribution < 1.29 is 14.2 Å². The van der Waals surface area contributed by atoms with Crippen LogP contribution in [-0.2, 0) is 4.79 Å². The molecule has 0 aliphatic carbocycles. The van der Waals surface area contributed by atoms with Crippen molar-refractivity contribution in [1.29, 1.82) is 0 Å². The second-order valence-electron chi connectivity index (χ2n) is 5.51. The molecule has 0 bridgehead atoms. The smallest absolute Gasteiger partial charge is 0.266 e. The fourth-order valence-electron chi connectivity index (χ4n) is 2.17. The molecule has 1 amide bonds. The number of carbonyl (C=O) groups excluding carboxylic acids is 1. The molecule has 6 nitrogen and oxygen atoms in total. The molecular formula is C18H16ClN3O3. The lowest BCUT2D eigenvalue weighted by atomic mass is 10.1. The molecule has 0 fully saturated rings. The van der Waals surface area contributed by atoms with Crippen molar-refractivity contribution in [3.8, 4) is 17.0 Å². The van der Waals surface area contributed by atoms with Gasteiger partial charge in [-0.2, -0.15) is 0 Å². The van der Waals surface area contributed by atoms with Gasteiger partial charge in [0.2, 0.25) is 5.82 Å². The van der Waals surface area contributed by atoms with Gasteiger partial charge in [0, 0.05) is 5.56 Å². The van der Waals surface area contributed by atoms with E-state index in [1.54, 1.807) is 31.2 Å². The van der Waals surface area contributed by atoms with Gasteiger partial charge in [-0.15, -0.1) is 0 Å². The monoisotopic (exact) mass is 357 g/mol. The van der Waals surface area contributed by atoms with Crippen molar-refractivity contribution in [2.45, 2.75) is 20.0 Å². The zero-order chi connectivity index (χ0) is 17.8. The molecule has 3 rings (SSSR count). The first kappa shape index (κ1) is 17.0. The van der Waals surface area contributed by atoms with E-state index < -0.39 is 6.10 Å². The highest BCUT2D eigenvalue weighted by atomic mass is 35.5. The van der Waals surface area contributed by atoms with E-state index >= 15 is 0 Å². The normalized spacial score (nSPS) is 11.8. The van der Waals surface area contributed by atoms with E-state index in [0.717, 1.165) is 11.1 Å². The van der Waals surface area contributed by atoms with E-state index in [2.05, 4.69) is 15.6 Å². The van der Waals surface area contributed by atoms with Crippen LogP contribution in [0.25, 0.3) is 11.3 Å². The summed E-state index contributed by atoms with van der Waals surface area (Å²) in [7, 11) is 0. The number of aryl methyl sites for hydroxylation is 1. The van der Waals surface area contributed by atoms with Gasteiger partial charge in [-0.3, -0.25) is 4.79 Å². The van der Waals surface area contributed by atoms with Crippen LogP contribution in [0.1, 0.15) is 12.5 Å². The van der Waals surface area contributed by atoms with Crippen LogP contribution >= 0.6 is 11.6 Å². The highest BCUT2D eigenvalue weighted by Crippen LogP contribution is 2.26. The van der Waals surface area contributed by atoms with Gasteiger partial charge < -0.3 is 10.1 Å². The van der Waals surface area contributed by atoms with E-state index in [4.69, 9.17) is 21.0 Å². The second-order valence-corrected chi connectivity index (χ2v) is 5.91. The topological polar surface area (TPSA) is 77.3 Å². The molecule has 1 aromatic heterocycles. The lowest BCUT2D eigenvalue weighted by Crippen LogP contribution is -2.30. The molecule has 0 aliphatic heterocycles. The Morgan fingerprint density at radius 2 is 1.88 bits per heavy atom. The maximum Gasteiger partial charge on any atom is 0.266 e. The summed E-state index contributed by atoms with van der Waals surface area (Å²) in [6, 6.07) is 14.6. The third kappa shape index (κ3) is 3.97. The number of amides is 1. The number of hydrogen-bond acceptors (Lipinski definition) is 5. The number of aromatic nitrogens is 2. The number of nitrogens with one attached hydrogen (secondary N) is 1. The first-order valence-corrected chi connectivity index (χ1v) is 8.04. The molecular weight excluding hydrogens is 342 g/mol. The van der Waals surface area contributed by atoms with Gasteiger partial charge >= 0.3 is 0 Å². The van der Waals surface area contributed by atoms with Gasteiger partial charge in [0.15, 0.2) is 11.8 Å². The second kappa shape index (κ2) is 7.36. The first-order valence-electron chi connectivity index (χ1n) is 7.66. The van der Waals surface area contributed by atoms with Crippen LogP contribution in [0.5, 0.6) is 5.75 Å². The number of carbonyl (C=O) groups is 1. The Morgan fingerprint density at radius 1 is 1.16 bits per heavy atom. The Kier molecular flexibility index (Phi) is 5.00. The molecule has 1 atom stereocenters. The molecule has 1 N–H and O–H groups in total. The summed E-state index contributed by atoms with van der Waals surface area (Å²) in [6.45, 7) is 3.61. The molecule has 0 spiro atoms. The lowest BCUT2D eigenvalue weighted by Gasteiger charge is -2.14. The molecule has 1 unspecified atom stereocenters. The van der Waals surface area contributed by atoms with E-state index in [1.165, 1.54) is 0 Å². The fraction of sp³-hybridized carbons (Fsp3) is 0.167. The molecule has 0 saturated heterocycles. The largest absolute Gasteiger partial charge is 0.479 e. The van der Waals surface area contributed by atoms with E-state index in [1.807, 2.05) is 31.2 Å². The molecule has 7 heteroatoms. The predicted octanol–water partition coefficient (Wildman–Crippen LogP) is 4.10. The lowest BCUT2D eigenvalue weighted by molar-refractivity contribution is -0.122. The quantitative estimate of drug-likeness (QED) is 0.743. The van der Waals surface area contributed by atoms with Crippen LogP contribution < -0.4 is 10.1 Å². The summed E-state index contributed by atoms with van der Waals surface area (Å²) in [6.07, 6.45) is -0.775. The van der Waals surface area contributed by atoms with Crippen molar-refractivity contribution in [1.82, 2.24) is 10.3 Å². The molecule has 128 valence electrons. The maximum absolute atomic E-state index is 12.4. The number of nitrogens with zero attached hydrogens (tertiary/aromatic N) is 2. The van der Waals surface area contributed by atoms with Crippen LogP contribution in [0.15, 0.2) is 53.2 Å². The highest BCUT2D eigenvalue weighted by Gasteiger charge is 2.20. The number of halogens is 1. The van der Waals surface area contributed by atoms with Crippen molar-refractivity contribution in [3.05, 3.63) is 59.1 Å². The summed E-state index contributed by atoms with van der Waals surface area (Å²) in [5, 5.41) is 10.7. The molecule has 1 heterocycles. The van der Waals surface area contributed by atoms with Crippen LogP contribution in [0.2, 0.25) is 5.02 Å². The third-order valence-electron chi connectivity index (χ3n) is 3.56. The SMILES string of the molecule is Cc1ccc(-c2nonc2NC(=O)C(C)Oc2ccccc2Cl)cc1. The van der Waals surface area contributed by atoms with Crippen LogP contribution in [-0.4, -0.2) is 22.3 Å². The summed E-state index contributed by atoms with van der Waals surface area (Å²) < 4.78 is 10.4.